The Morgan fingerprint density at radius 2 is 1.83 bits per heavy atom. The van der Waals surface area contributed by atoms with Crippen molar-refractivity contribution in [1.82, 2.24) is 10.2 Å². The topological polar surface area (TPSA) is 66.5 Å². The van der Waals surface area contributed by atoms with Gasteiger partial charge in [-0.15, -0.1) is 0 Å². The molecule has 24 heavy (non-hydrogen) atoms. The zero-order valence-corrected chi connectivity index (χ0v) is 15.0. The lowest BCUT2D eigenvalue weighted by Gasteiger charge is -2.22. The van der Waals surface area contributed by atoms with Crippen LogP contribution in [0.2, 0.25) is 0 Å². The average Bonchev–Trinajstić information content (AvgIpc) is 3.32. The van der Waals surface area contributed by atoms with Gasteiger partial charge in [-0.3, -0.25) is 9.69 Å². The highest BCUT2D eigenvalue weighted by atomic mass is 32.2. The van der Waals surface area contributed by atoms with Crippen LogP contribution in [0.3, 0.4) is 0 Å². The molecular weight excluding hydrogens is 324 g/mol. The molecule has 5 nitrogen and oxygen atoms in total. The van der Waals surface area contributed by atoms with E-state index in [9.17, 15) is 13.2 Å². The molecule has 6 heteroatoms. The Morgan fingerprint density at radius 3 is 2.38 bits per heavy atom. The molecule has 1 aliphatic carbocycles. The molecule has 1 heterocycles. The molecule has 0 aromatic heterocycles. The van der Waals surface area contributed by atoms with Crippen molar-refractivity contribution in [3.05, 3.63) is 35.4 Å². The second-order valence-electron chi connectivity index (χ2n) is 6.97. The van der Waals surface area contributed by atoms with Crippen LogP contribution in [0.25, 0.3) is 0 Å². The number of carbonyl (C=O) groups is 1. The van der Waals surface area contributed by atoms with Crippen molar-refractivity contribution >= 4 is 15.7 Å². The highest BCUT2D eigenvalue weighted by Crippen LogP contribution is 2.28. The highest BCUT2D eigenvalue weighted by molar-refractivity contribution is 7.91. The first-order valence-electron chi connectivity index (χ1n) is 8.77. The summed E-state index contributed by atoms with van der Waals surface area (Å²) in [4.78, 5) is 14.5. The van der Waals surface area contributed by atoms with Gasteiger partial charge in [-0.05, 0) is 36.8 Å². The van der Waals surface area contributed by atoms with Gasteiger partial charge in [0.15, 0.2) is 9.84 Å². The standard InChI is InChI=1S/C18H26N2O3S/c1-2-14-3-5-15(6-4-14)11-20(17-7-8-17)12-18(21)19-16-9-10-24(22,23)13-16/h3-6,16-17H,2,7-13H2,1H3,(H,19,21). The van der Waals surface area contributed by atoms with E-state index in [4.69, 9.17) is 0 Å². The molecule has 1 unspecified atom stereocenters. The van der Waals surface area contributed by atoms with E-state index in [1.807, 2.05) is 0 Å². The maximum atomic E-state index is 12.3. The average molecular weight is 350 g/mol. The largest absolute Gasteiger partial charge is 0.351 e. The molecule has 2 aliphatic rings. The van der Waals surface area contributed by atoms with E-state index < -0.39 is 9.84 Å². The highest BCUT2D eigenvalue weighted by Gasteiger charge is 2.32. The number of hydrogen-bond acceptors (Lipinski definition) is 4. The molecule has 0 radical (unpaired) electrons. The summed E-state index contributed by atoms with van der Waals surface area (Å²) in [6.07, 6.45) is 3.84. The molecule has 2 fully saturated rings. The molecule has 1 atom stereocenters. The minimum Gasteiger partial charge on any atom is -0.351 e. The van der Waals surface area contributed by atoms with E-state index in [1.165, 1.54) is 11.1 Å². The van der Waals surface area contributed by atoms with Gasteiger partial charge >= 0.3 is 0 Å². The zero-order valence-electron chi connectivity index (χ0n) is 14.2. The maximum absolute atomic E-state index is 12.3. The van der Waals surface area contributed by atoms with E-state index in [-0.39, 0.29) is 23.5 Å². The number of benzene rings is 1. The van der Waals surface area contributed by atoms with E-state index in [0.29, 0.717) is 19.0 Å². The van der Waals surface area contributed by atoms with Crippen LogP contribution in [0.4, 0.5) is 0 Å². The lowest BCUT2D eigenvalue weighted by Crippen LogP contribution is -2.43. The van der Waals surface area contributed by atoms with Crippen molar-refractivity contribution in [2.24, 2.45) is 0 Å². The number of carbonyl (C=O) groups excluding carboxylic acids is 1. The van der Waals surface area contributed by atoms with Gasteiger partial charge in [0.25, 0.3) is 0 Å². The number of aryl methyl sites for hydroxylation is 1. The van der Waals surface area contributed by atoms with Gasteiger partial charge < -0.3 is 5.32 Å². The third-order valence-electron chi connectivity index (χ3n) is 4.82. The molecule has 132 valence electrons. The molecule has 0 bridgehead atoms. The van der Waals surface area contributed by atoms with E-state index in [0.717, 1.165) is 25.8 Å². The Labute approximate surface area is 144 Å². The monoisotopic (exact) mass is 350 g/mol. The number of nitrogens with one attached hydrogen (secondary N) is 1. The molecule has 3 rings (SSSR count). The van der Waals surface area contributed by atoms with Gasteiger partial charge in [-0.25, -0.2) is 8.42 Å². The van der Waals surface area contributed by atoms with Crippen molar-refractivity contribution in [3.63, 3.8) is 0 Å². The van der Waals surface area contributed by atoms with Crippen LogP contribution in [-0.2, 0) is 27.6 Å². The Bertz CT molecular complexity index is 681. The minimum atomic E-state index is -2.96. The zero-order chi connectivity index (χ0) is 17.2. The van der Waals surface area contributed by atoms with Crippen LogP contribution in [0, 0.1) is 0 Å². The number of sulfone groups is 1. The minimum absolute atomic E-state index is 0.0609. The fourth-order valence-corrected chi connectivity index (χ4v) is 4.91. The predicted molar refractivity (Wildman–Crippen MR) is 94.5 cm³/mol. The van der Waals surface area contributed by atoms with Gasteiger partial charge in [0, 0.05) is 18.6 Å². The normalized spacial score (nSPS) is 22.7. The summed E-state index contributed by atoms with van der Waals surface area (Å²) < 4.78 is 23.0. The lowest BCUT2D eigenvalue weighted by molar-refractivity contribution is -0.123. The van der Waals surface area contributed by atoms with Gasteiger partial charge in [0.2, 0.25) is 5.91 Å². The summed E-state index contributed by atoms with van der Waals surface area (Å²) >= 11 is 0. The first-order valence-corrected chi connectivity index (χ1v) is 10.6. The number of rotatable bonds is 7. The Morgan fingerprint density at radius 1 is 1.17 bits per heavy atom. The quantitative estimate of drug-likeness (QED) is 0.810. The van der Waals surface area contributed by atoms with Crippen LogP contribution in [0.1, 0.15) is 37.3 Å². The molecule has 1 saturated heterocycles. The van der Waals surface area contributed by atoms with Crippen molar-refractivity contribution in [1.29, 1.82) is 0 Å². The summed E-state index contributed by atoms with van der Waals surface area (Å²) in [5.41, 5.74) is 2.53. The van der Waals surface area contributed by atoms with Crippen LogP contribution in [-0.4, -0.2) is 49.4 Å². The van der Waals surface area contributed by atoms with Gasteiger partial charge in [-0.2, -0.15) is 0 Å². The second kappa shape index (κ2) is 7.23. The summed E-state index contributed by atoms with van der Waals surface area (Å²) in [6, 6.07) is 8.82. The molecular formula is C18H26N2O3S. The first-order chi connectivity index (χ1) is 11.4. The van der Waals surface area contributed by atoms with E-state index in [1.54, 1.807) is 0 Å². The Hall–Kier alpha value is -1.40. The molecule has 1 aliphatic heterocycles. The molecule has 1 N–H and O–H groups in total. The Kier molecular flexibility index (Phi) is 5.25. The van der Waals surface area contributed by atoms with Crippen molar-refractivity contribution < 1.29 is 13.2 Å². The maximum Gasteiger partial charge on any atom is 0.234 e. The van der Waals surface area contributed by atoms with Crippen LogP contribution in [0.5, 0.6) is 0 Å². The lowest BCUT2D eigenvalue weighted by atomic mass is 10.1. The number of nitrogens with zero attached hydrogens (tertiary/aromatic N) is 1. The van der Waals surface area contributed by atoms with Gasteiger partial charge in [-0.1, -0.05) is 31.2 Å². The third-order valence-corrected chi connectivity index (χ3v) is 6.59. The summed E-state index contributed by atoms with van der Waals surface area (Å²) in [7, 11) is -2.96. The molecule has 1 aromatic rings. The van der Waals surface area contributed by atoms with Crippen molar-refractivity contribution in [2.75, 3.05) is 18.1 Å². The predicted octanol–water partition coefficient (Wildman–Crippen LogP) is 1.52. The van der Waals surface area contributed by atoms with E-state index >= 15 is 0 Å². The van der Waals surface area contributed by atoms with Crippen LogP contribution in [0.15, 0.2) is 24.3 Å². The SMILES string of the molecule is CCc1ccc(CN(CC(=O)NC2CCS(=O)(=O)C2)C2CC2)cc1. The molecule has 1 aromatic carbocycles. The first kappa shape index (κ1) is 17.4. The van der Waals surface area contributed by atoms with Gasteiger partial charge in [0.1, 0.15) is 0 Å². The molecule has 0 spiro atoms. The fourth-order valence-electron chi connectivity index (χ4n) is 3.24. The van der Waals surface area contributed by atoms with Crippen molar-refractivity contribution in [2.45, 2.75) is 51.2 Å². The van der Waals surface area contributed by atoms with Crippen LogP contribution < -0.4 is 5.32 Å². The Balaban J connectivity index is 1.54. The fraction of sp³-hybridized carbons (Fsp3) is 0.611. The number of hydrogen-bond donors (Lipinski definition) is 1. The summed E-state index contributed by atoms with van der Waals surface area (Å²) in [5.74, 6) is 0.212. The smallest absolute Gasteiger partial charge is 0.234 e. The van der Waals surface area contributed by atoms with Crippen molar-refractivity contribution in [3.8, 4) is 0 Å². The van der Waals surface area contributed by atoms with E-state index in [2.05, 4.69) is 41.4 Å². The van der Waals surface area contributed by atoms with Crippen LogP contribution >= 0.6 is 0 Å². The molecule has 1 amide bonds. The third kappa shape index (κ3) is 4.80. The van der Waals surface area contributed by atoms with Gasteiger partial charge in [0.05, 0.1) is 18.1 Å². The number of amides is 1. The summed E-state index contributed by atoms with van der Waals surface area (Å²) in [6.45, 7) is 3.25. The second-order valence-corrected chi connectivity index (χ2v) is 9.20. The summed E-state index contributed by atoms with van der Waals surface area (Å²) in [5, 5.41) is 2.89. The molecule has 1 saturated carbocycles.